The summed E-state index contributed by atoms with van der Waals surface area (Å²) in [5.41, 5.74) is 3.15. The van der Waals surface area contributed by atoms with E-state index in [2.05, 4.69) is 24.3 Å². The molecule has 0 aliphatic carbocycles. The molecule has 0 unspecified atom stereocenters. The second kappa shape index (κ2) is 7.76. The summed E-state index contributed by atoms with van der Waals surface area (Å²) >= 11 is 0. The van der Waals surface area contributed by atoms with E-state index in [1.165, 1.54) is 0 Å². The molecule has 2 atom stereocenters. The largest absolute Gasteiger partial charge is 0.497 e. The van der Waals surface area contributed by atoms with E-state index in [1.807, 2.05) is 59.5 Å². The monoisotopic (exact) mass is 444 g/mol. The number of likely N-dealkylation sites (tertiary alicyclic amines) is 1. The smallest absolute Gasteiger partial charge is 0.272 e. The average molecular weight is 445 g/mol. The third-order valence-electron chi connectivity index (χ3n) is 6.97. The van der Waals surface area contributed by atoms with E-state index in [-0.39, 0.29) is 17.7 Å². The van der Waals surface area contributed by atoms with E-state index in [0.29, 0.717) is 24.4 Å². The van der Waals surface area contributed by atoms with E-state index < -0.39 is 11.5 Å². The van der Waals surface area contributed by atoms with Crippen molar-refractivity contribution in [3.05, 3.63) is 77.1 Å². The lowest BCUT2D eigenvalue weighted by molar-refractivity contribution is -0.121. The predicted octanol–water partition coefficient (Wildman–Crippen LogP) is 4.03. The molecule has 170 valence electrons. The quantitative estimate of drug-likeness (QED) is 0.659. The van der Waals surface area contributed by atoms with Crippen LogP contribution in [-0.4, -0.2) is 40.1 Å². The number of carbonyl (C=O) groups excluding carboxylic acids is 2. The number of hydrogen-bond acceptors (Lipinski definition) is 4. The first-order valence-electron chi connectivity index (χ1n) is 11.3. The van der Waals surface area contributed by atoms with Crippen molar-refractivity contribution in [2.24, 2.45) is 7.05 Å². The molecule has 2 aliphatic rings. The van der Waals surface area contributed by atoms with Crippen LogP contribution in [0.4, 0.5) is 5.69 Å². The molecule has 5 rings (SSSR count). The Hall–Kier alpha value is -3.61. The Morgan fingerprint density at radius 3 is 2.70 bits per heavy atom. The zero-order chi connectivity index (χ0) is 23.3. The molecule has 7 nitrogen and oxygen atoms in total. The van der Waals surface area contributed by atoms with Gasteiger partial charge in [-0.1, -0.05) is 44.2 Å². The number of aromatic nitrogens is 2. The number of fused-ring (bicyclic) bond motifs is 2. The number of nitrogens with zero attached hydrogens (tertiary/aromatic N) is 3. The lowest BCUT2D eigenvalue weighted by Gasteiger charge is -2.34. The normalized spacial score (nSPS) is 21.5. The van der Waals surface area contributed by atoms with Gasteiger partial charge in [0.25, 0.3) is 5.91 Å². The minimum Gasteiger partial charge on any atom is -0.497 e. The van der Waals surface area contributed by atoms with Gasteiger partial charge in [0.05, 0.1) is 18.8 Å². The van der Waals surface area contributed by atoms with Crippen LogP contribution in [0.15, 0.2) is 54.6 Å². The molecule has 3 heterocycles. The molecule has 1 saturated heterocycles. The molecule has 1 fully saturated rings. The number of hydrogen-bond donors (Lipinski definition) is 1. The third-order valence-corrected chi connectivity index (χ3v) is 6.97. The summed E-state index contributed by atoms with van der Waals surface area (Å²) in [4.78, 5) is 29.3. The molecular weight excluding hydrogens is 416 g/mol. The standard InChI is InChI=1S/C26H28N4O3/c1-16(2)21-15-22(29(3)28-21)24(31)30-13-12-26(19-10-5-6-11-20(19)27-25(26)32)23(30)17-8-7-9-18(14-17)33-4/h5-11,14-16,23H,12-13H2,1-4H3,(H,27,32)/t23-,26+/m0/s1. The summed E-state index contributed by atoms with van der Waals surface area (Å²) in [5.74, 6) is 0.707. The molecule has 33 heavy (non-hydrogen) atoms. The van der Waals surface area contributed by atoms with Crippen molar-refractivity contribution < 1.29 is 14.3 Å². The highest BCUT2D eigenvalue weighted by atomic mass is 16.5. The van der Waals surface area contributed by atoms with E-state index in [9.17, 15) is 9.59 Å². The number of methoxy groups -OCH3 is 1. The van der Waals surface area contributed by atoms with Crippen molar-refractivity contribution in [3.63, 3.8) is 0 Å². The molecule has 0 saturated carbocycles. The van der Waals surface area contributed by atoms with Crippen LogP contribution in [0.25, 0.3) is 0 Å². The van der Waals surface area contributed by atoms with Crippen LogP contribution in [0.3, 0.4) is 0 Å². The number of nitrogens with one attached hydrogen (secondary N) is 1. The van der Waals surface area contributed by atoms with E-state index in [0.717, 1.165) is 22.5 Å². The molecule has 7 heteroatoms. The van der Waals surface area contributed by atoms with Crippen LogP contribution in [0.5, 0.6) is 5.75 Å². The Kier molecular flexibility index (Phi) is 5.00. The minimum atomic E-state index is -0.863. The van der Waals surface area contributed by atoms with E-state index in [1.54, 1.807) is 18.8 Å². The van der Waals surface area contributed by atoms with Crippen molar-refractivity contribution in [3.8, 4) is 5.75 Å². The summed E-state index contributed by atoms with van der Waals surface area (Å²) in [6, 6.07) is 16.8. The average Bonchev–Trinajstić information content (AvgIpc) is 3.48. The number of rotatable bonds is 4. The SMILES string of the molecule is COc1cccc([C@@H]2N(C(=O)c3cc(C(C)C)nn3C)CC[C@]23C(=O)Nc2ccccc23)c1. The number of anilines is 1. The molecule has 0 bridgehead atoms. The van der Waals surface area contributed by atoms with Gasteiger partial charge in [-0.05, 0) is 47.7 Å². The van der Waals surface area contributed by atoms with Gasteiger partial charge in [-0.3, -0.25) is 14.3 Å². The molecule has 1 aromatic heterocycles. The molecule has 2 aromatic carbocycles. The zero-order valence-electron chi connectivity index (χ0n) is 19.3. The Morgan fingerprint density at radius 2 is 1.97 bits per heavy atom. The summed E-state index contributed by atoms with van der Waals surface area (Å²) in [5, 5.41) is 7.60. The van der Waals surface area contributed by atoms with Gasteiger partial charge in [-0.2, -0.15) is 5.10 Å². The Balaban J connectivity index is 1.66. The minimum absolute atomic E-state index is 0.0697. The summed E-state index contributed by atoms with van der Waals surface area (Å²) < 4.78 is 7.12. The van der Waals surface area contributed by atoms with Crippen molar-refractivity contribution in [1.29, 1.82) is 0 Å². The van der Waals surface area contributed by atoms with Crippen molar-refractivity contribution >= 4 is 17.5 Å². The van der Waals surface area contributed by atoms with Crippen LogP contribution in [-0.2, 0) is 17.3 Å². The second-order valence-corrected chi connectivity index (χ2v) is 9.13. The highest BCUT2D eigenvalue weighted by Crippen LogP contribution is 2.55. The van der Waals surface area contributed by atoms with Gasteiger partial charge in [-0.15, -0.1) is 0 Å². The molecule has 0 radical (unpaired) electrons. The Bertz CT molecular complexity index is 1250. The van der Waals surface area contributed by atoms with Crippen LogP contribution in [0, 0.1) is 0 Å². The number of amides is 2. The second-order valence-electron chi connectivity index (χ2n) is 9.13. The molecule has 3 aromatic rings. The third kappa shape index (κ3) is 3.14. The fourth-order valence-electron chi connectivity index (χ4n) is 5.30. The van der Waals surface area contributed by atoms with E-state index >= 15 is 0 Å². The Morgan fingerprint density at radius 1 is 1.18 bits per heavy atom. The van der Waals surface area contributed by atoms with Gasteiger partial charge in [0.15, 0.2) is 0 Å². The van der Waals surface area contributed by atoms with Gasteiger partial charge in [0.1, 0.15) is 16.9 Å². The Labute approximate surface area is 193 Å². The highest BCUT2D eigenvalue weighted by Gasteiger charge is 2.59. The number of carbonyl (C=O) groups is 2. The molecular formula is C26H28N4O3. The highest BCUT2D eigenvalue weighted by molar-refractivity contribution is 6.08. The van der Waals surface area contributed by atoms with Crippen LogP contribution in [0.2, 0.25) is 0 Å². The first kappa shape index (κ1) is 21.2. The molecule has 2 amide bonds. The summed E-state index contributed by atoms with van der Waals surface area (Å²) in [6.45, 7) is 4.57. The van der Waals surface area contributed by atoms with E-state index in [4.69, 9.17) is 4.74 Å². The van der Waals surface area contributed by atoms with Gasteiger partial charge >= 0.3 is 0 Å². The zero-order valence-corrected chi connectivity index (χ0v) is 19.3. The number of aryl methyl sites for hydroxylation is 1. The maximum Gasteiger partial charge on any atom is 0.272 e. The van der Waals surface area contributed by atoms with Crippen LogP contribution < -0.4 is 10.1 Å². The van der Waals surface area contributed by atoms with Crippen molar-refractivity contribution in [1.82, 2.24) is 14.7 Å². The van der Waals surface area contributed by atoms with Gasteiger partial charge in [0, 0.05) is 19.3 Å². The fraction of sp³-hybridized carbons (Fsp3) is 0.346. The number of para-hydroxylation sites is 1. The summed E-state index contributed by atoms with van der Waals surface area (Å²) in [6.07, 6.45) is 0.540. The first-order valence-corrected chi connectivity index (χ1v) is 11.3. The summed E-state index contributed by atoms with van der Waals surface area (Å²) in [7, 11) is 3.41. The number of ether oxygens (including phenoxy) is 1. The molecule has 1 N–H and O–H groups in total. The lowest BCUT2D eigenvalue weighted by Crippen LogP contribution is -2.43. The molecule has 1 spiro atoms. The molecule has 2 aliphatic heterocycles. The van der Waals surface area contributed by atoms with Crippen LogP contribution >= 0.6 is 0 Å². The van der Waals surface area contributed by atoms with Crippen LogP contribution in [0.1, 0.15) is 59.5 Å². The first-order chi connectivity index (χ1) is 15.9. The maximum atomic E-state index is 13.9. The van der Waals surface area contributed by atoms with Gasteiger partial charge in [0.2, 0.25) is 5.91 Å². The van der Waals surface area contributed by atoms with Gasteiger partial charge < -0.3 is 15.0 Å². The van der Waals surface area contributed by atoms with Gasteiger partial charge in [-0.25, -0.2) is 0 Å². The van der Waals surface area contributed by atoms with Crippen molar-refractivity contribution in [2.45, 2.75) is 37.6 Å². The number of benzene rings is 2. The lowest BCUT2D eigenvalue weighted by atomic mass is 9.72. The maximum absolute atomic E-state index is 13.9. The predicted molar refractivity (Wildman–Crippen MR) is 125 cm³/mol. The fourth-order valence-corrected chi connectivity index (χ4v) is 5.30. The topological polar surface area (TPSA) is 76.5 Å². The van der Waals surface area contributed by atoms with Crippen molar-refractivity contribution in [2.75, 3.05) is 19.0 Å².